The maximum atomic E-state index is 10.5. The van der Waals surface area contributed by atoms with E-state index in [2.05, 4.69) is 0 Å². The summed E-state index contributed by atoms with van der Waals surface area (Å²) in [6, 6.07) is 0. The van der Waals surface area contributed by atoms with E-state index >= 15 is 0 Å². The third-order valence-electron chi connectivity index (χ3n) is 1.95. The van der Waals surface area contributed by atoms with Crippen LogP contribution in [-0.4, -0.2) is 29.4 Å². The molecule has 1 aliphatic carbocycles. The summed E-state index contributed by atoms with van der Waals surface area (Å²) >= 11 is 0. The Labute approximate surface area is 74.4 Å². The summed E-state index contributed by atoms with van der Waals surface area (Å²) in [6.07, 6.45) is 5.53. The summed E-state index contributed by atoms with van der Waals surface area (Å²) in [5.74, 6) is 0. The number of rotatable bonds is 1. The topological polar surface area (TPSA) is 37.3 Å². The second-order valence-corrected chi connectivity index (χ2v) is 4.17. The van der Waals surface area contributed by atoms with Gasteiger partial charge in [0.1, 0.15) is 0 Å². The van der Waals surface area contributed by atoms with Crippen LogP contribution < -0.4 is 0 Å². The molecule has 2 nitrogen and oxygen atoms in total. The molecule has 0 bridgehead atoms. The van der Waals surface area contributed by atoms with Crippen molar-refractivity contribution in [3.05, 3.63) is 0 Å². The molecule has 1 aliphatic rings. The van der Waals surface area contributed by atoms with Gasteiger partial charge in [-0.2, -0.15) is 0 Å². The third kappa shape index (κ3) is 3.26. The van der Waals surface area contributed by atoms with Crippen LogP contribution in [-0.2, 0) is 4.57 Å². The van der Waals surface area contributed by atoms with Crippen LogP contribution in [0.25, 0.3) is 0 Å². The molecule has 0 spiro atoms. The third-order valence-corrected chi connectivity index (χ3v) is 3.23. The zero-order chi connectivity index (χ0) is 6.69. The molecule has 4 heteroatoms. The van der Waals surface area contributed by atoms with Gasteiger partial charge in [0, 0.05) is 5.66 Å². The first kappa shape index (κ1) is 10.8. The molecule has 1 unspecified atom stereocenters. The minimum absolute atomic E-state index is 0. The Hall–Kier alpha value is 0.787. The summed E-state index contributed by atoms with van der Waals surface area (Å²) in [7, 11) is -2.19. The predicted molar refractivity (Wildman–Crippen MR) is 45.2 cm³/mol. The van der Waals surface area contributed by atoms with E-state index in [1.807, 2.05) is 0 Å². The second kappa shape index (κ2) is 5.44. The van der Waals surface area contributed by atoms with Crippen LogP contribution in [0.5, 0.6) is 0 Å². The van der Waals surface area contributed by atoms with Crippen molar-refractivity contribution < 1.29 is 9.46 Å². The summed E-state index contributed by atoms with van der Waals surface area (Å²) in [6.45, 7) is 0. The van der Waals surface area contributed by atoms with Crippen molar-refractivity contribution in [1.29, 1.82) is 0 Å². The van der Waals surface area contributed by atoms with Crippen molar-refractivity contribution in [3.8, 4) is 0 Å². The molecule has 1 rings (SSSR count). The van der Waals surface area contributed by atoms with E-state index in [1.165, 1.54) is 6.42 Å². The fraction of sp³-hybridized carbons (Fsp3) is 1.00. The van der Waals surface area contributed by atoms with Crippen molar-refractivity contribution in [2.75, 3.05) is 0 Å². The van der Waals surface area contributed by atoms with Crippen LogP contribution in [0.15, 0.2) is 0 Å². The first-order valence-corrected chi connectivity index (χ1v) is 4.97. The fourth-order valence-corrected chi connectivity index (χ4v) is 2.25. The molecule has 1 saturated carbocycles. The molecule has 0 aromatic rings. The van der Waals surface area contributed by atoms with Crippen molar-refractivity contribution in [2.24, 2.45) is 0 Å². The Morgan fingerprint density at radius 2 is 1.70 bits per heavy atom. The van der Waals surface area contributed by atoms with Gasteiger partial charge in [-0.3, -0.25) is 4.57 Å². The van der Waals surface area contributed by atoms with Gasteiger partial charge in [-0.05, 0) is 12.8 Å². The normalized spacial score (nSPS) is 23.3. The Bertz CT molecular complexity index is 112. The first-order valence-electron chi connectivity index (χ1n) is 3.53. The minimum atomic E-state index is -2.19. The average Bonchev–Trinajstić information content (AvgIpc) is 1.90. The molecule has 0 saturated heterocycles. The van der Waals surface area contributed by atoms with Gasteiger partial charge in [-0.1, -0.05) is 19.3 Å². The molecule has 0 heterocycles. The molecule has 1 N–H and O–H groups in total. The molecule has 56 valence electrons. The standard InChI is InChI=1S/C6H13O2P.Li.H/c7-9(8)6-4-2-1-3-5-6;;/h6,9H,1-5H2,(H,7,8);;. The van der Waals surface area contributed by atoms with Gasteiger partial charge >= 0.3 is 18.9 Å². The van der Waals surface area contributed by atoms with Gasteiger partial charge in [-0.15, -0.1) is 0 Å². The molecule has 1 fully saturated rings. The molecular formula is C6H14LiO2P. The Kier molecular flexibility index (Phi) is 5.87. The molecule has 0 aromatic carbocycles. The maximum absolute atomic E-state index is 10.5. The van der Waals surface area contributed by atoms with Crippen LogP contribution >= 0.6 is 8.03 Å². The van der Waals surface area contributed by atoms with Crippen LogP contribution in [0.1, 0.15) is 32.1 Å². The van der Waals surface area contributed by atoms with Gasteiger partial charge in [0.2, 0.25) is 0 Å². The molecule has 0 aliphatic heterocycles. The Morgan fingerprint density at radius 1 is 1.20 bits per heavy atom. The zero-order valence-electron chi connectivity index (χ0n) is 5.47. The van der Waals surface area contributed by atoms with Gasteiger partial charge in [-0.25, -0.2) is 0 Å². The van der Waals surface area contributed by atoms with Gasteiger partial charge in [0.15, 0.2) is 8.03 Å². The van der Waals surface area contributed by atoms with Crippen molar-refractivity contribution in [1.82, 2.24) is 0 Å². The van der Waals surface area contributed by atoms with Crippen molar-refractivity contribution >= 4 is 26.9 Å². The number of hydrogen-bond acceptors (Lipinski definition) is 1. The van der Waals surface area contributed by atoms with Crippen LogP contribution in [0.3, 0.4) is 0 Å². The van der Waals surface area contributed by atoms with E-state index < -0.39 is 8.03 Å². The first-order chi connectivity index (χ1) is 4.30. The van der Waals surface area contributed by atoms with Crippen molar-refractivity contribution in [3.63, 3.8) is 0 Å². The van der Waals surface area contributed by atoms with Crippen molar-refractivity contribution in [2.45, 2.75) is 37.8 Å². The molecule has 1 atom stereocenters. The van der Waals surface area contributed by atoms with E-state index in [1.54, 1.807) is 0 Å². The fourth-order valence-electron chi connectivity index (χ4n) is 1.35. The van der Waals surface area contributed by atoms with Gasteiger partial charge < -0.3 is 4.89 Å². The van der Waals surface area contributed by atoms with E-state index in [0.717, 1.165) is 25.7 Å². The second-order valence-electron chi connectivity index (χ2n) is 2.67. The SMILES string of the molecule is O=[PH](O)C1CCCCC1.[LiH]. The summed E-state index contributed by atoms with van der Waals surface area (Å²) in [5.41, 5.74) is 0.156. The van der Waals surface area contributed by atoms with Gasteiger partial charge in [0.05, 0.1) is 0 Å². The Morgan fingerprint density at radius 3 is 2.00 bits per heavy atom. The quantitative estimate of drug-likeness (QED) is 0.456. The van der Waals surface area contributed by atoms with Crippen LogP contribution in [0, 0.1) is 0 Å². The van der Waals surface area contributed by atoms with E-state index in [-0.39, 0.29) is 24.5 Å². The summed E-state index contributed by atoms with van der Waals surface area (Å²) in [4.78, 5) is 8.72. The summed E-state index contributed by atoms with van der Waals surface area (Å²) in [5, 5.41) is 0. The summed E-state index contributed by atoms with van der Waals surface area (Å²) < 4.78 is 10.5. The molecule has 0 amide bonds. The molecule has 10 heavy (non-hydrogen) atoms. The molecule has 0 radical (unpaired) electrons. The van der Waals surface area contributed by atoms with E-state index in [4.69, 9.17) is 4.89 Å². The van der Waals surface area contributed by atoms with Gasteiger partial charge in [0.25, 0.3) is 0 Å². The van der Waals surface area contributed by atoms with Crippen LogP contribution in [0.2, 0.25) is 0 Å². The van der Waals surface area contributed by atoms with E-state index in [0.29, 0.717) is 0 Å². The average molecular weight is 156 g/mol. The van der Waals surface area contributed by atoms with E-state index in [9.17, 15) is 4.57 Å². The molecule has 0 aromatic heterocycles. The Balaban J connectivity index is 0.000000810. The predicted octanol–water partition coefficient (Wildman–Crippen LogP) is 1.14. The molecular weight excluding hydrogens is 142 g/mol. The zero-order valence-corrected chi connectivity index (χ0v) is 6.47. The van der Waals surface area contributed by atoms with Crippen LogP contribution in [0.4, 0.5) is 0 Å². The monoisotopic (exact) mass is 156 g/mol. The number of hydrogen-bond donors (Lipinski definition) is 1.